The maximum Gasteiger partial charge on any atom is 0.184 e. The Morgan fingerprint density at radius 1 is 1.21 bits per heavy atom. The molecule has 0 unspecified atom stereocenters. The third-order valence-corrected chi connectivity index (χ3v) is 3.14. The van der Waals surface area contributed by atoms with Crippen LogP contribution in [-0.2, 0) is 47.5 Å². The van der Waals surface area contributed by atoms with E-state index in [1.807, 2.05) is 25.5 Å². The van der Waals surface area contributed by atoms with Crippen LogP contribution in [0.3, 0.4) is 0 Å². The molecule has 0 saturated heterocycles. The number of carbonyl (C=O) groups excluding carboxylic acids is 1. The smallest absolute Gasteiger partial charge is 0.184 e. The van der Waals surface area contributed by atoms with E-state index in [9.17, 15) is 13.2 Å². The Balaban J connectivity index is -0.000000448. The van der Waals surface area contributed by atoms with E-state index in [-0.39, 0.29) is 49.7 Å². The zero-order valence-electron chi connectivity index (χ0n) is 13.0. The maximum atomic E-state index is 11.4. The van der Waals surface area contributed by atoms with Gasteiger partial charge < -0.3 is 10.6 Å². The normalized spacial score (nSPS) is 11.4. The number of rotatable bonds is 5. The molecule has 0 spiro atoms. The molecule has 0 bridgehead atoms. The van der Waals surface area contributed by atoms with Crippen molar-refractivity contribution in [3.63, 3.8) is 0 Å². The molecule has 0 aromatic rings. The van der Waals surface area contributed by atoms with Gasteiger partial charge in [-0.05, 0) is 6.42 Å². The van der Waals surface area contributed by atoms with Gasteiger partial charge in [-0.25, -0.2) is 8.42 Å². The van der Waals surface area contributed by atoms with Gasteiger partial charge in [0.1, 0.15) is 5.78 Å². The summed E-state index contributed by atoms with van der Waals surface area (Å²) < 4.78 is 23.9. The Labute approximate surface area is 144 Å². The summed E-state index contributed by atoms with van der Waals surface area (Å²) in [5.74, 6) is 1.45. The standard InChI is InChI=1S/C9H18NO3S.C4H9.Y/c1-9(2,3)8(11)6-5-7-14(12,13)10-4;1-4(2)3;/h10H,4-7H2,1-3H3;1-3H3;/q2*-1;. The molecule has 0 rings (SSSR count). The van der Waals surface area contributed by atoms with Gasteiger partial charge in [-0.3, -0.25) is 11.8 Å². The van der Waals surface area contributed by atoms with Gasteiger partial charge in [0.05, 0.1) is 5.75 Å². The number of Topliss-reactive ketones (excluding diaryl/α,β-unsaturated/α-hetero) is 1. The fourth-order valence-electron chi connectivity index (χ4n) is 0.870. The largest absolute Gasteiger partial charge is 0.368 e. The number of ketones is 1. The molecule has 0 atom stereocenters. The fourth-order valence-corrected chi connectivity index (χ4v) is 1.54. The molecular weight excluding hydrogens is 339 g/mol. The van der Waals surface area contributed by atoms with E-state index in [0.29, 0.717) is 12.8 Å². The van der Waals surface area contributed by atoms with Crippen molar-refractivity contribution in [2.24, 2.45) is 5.41 Å². The number of carbonyl (C=O) groups is 1. The molecule has 1 N–H and O–H groups in total. The second-order valence-electron chi connectivity index (χ2n) is 5.74. The molecule has 0 fully saturated rings. The second kappa shape index (κ2) is 11.4. The van der Waals surface area contributed by atoms with E-state index >= 15 is 0 Å². The third kappa shape index (κ3) is 18.7. The molecule has 0 aliphatic carbocycles. The van der Waals surface area contributed by atoms with Gasteiger partial charge in [0.2, 0.25) is 0 Å². The number of sulfonamides is 1. The molecule has 0 aliphatic rings. The summed E-state index contributed by atoms with van der Waals surface area (Å²) in [4.78, 5) is 11.4. The summed E-state index contributed by atoms with van der Waals surface area (Å²) in [5.41, 5.74) is -0.387. The molecule has 0 saturated carbocycles. The third-order valence-electron chi connectivity index (χ3n) is 1.87. The zero-order valence-corrected chi connectivity index (χ0v) is 16.7. The minimum Gasteiger partial charge on any atom is -0.368 e. The molecule has 6 heteroatoms. The molecule has 0 heterocycles. The predicted octanol–water partition coefficient (Wildman–Crippen LogP) is 2.71. The molecule has 0 aromatic carbocycles. The van der Waals surface area contributed by atoms with Crippen molar-refractivity contribution in [3.05, 3.63) is 13.0 Å². The number of nitrogens with one attached hydrogen (secondary N) is 1. The van der Waals surface area contributed by atoms with Crippen LogP contribution in [0.5, 0.6) is 0 Å². The summed E-state index contributed by atoms with van der Waals surface area (Å²) in [5, 5.41) is 0. The monoisotopic (exact) mass is 366 g/mol. The van der Waals surface area contributed by atoms with Crippen molar-refractivity contribution in [3.8, 4) is 0 Å². The molecule has 0 aliphatic heterocycles. The van der Waals surface area contributed by atoms with Crippen LogP contribution in [0.4, 0.5) is 0 Å². The Morgan fingerprint density at radius 2 is 1.58 bits per heavy atom. The van der Waals surface area contributed by atoms with Gasteiger partial charge >= 0.3 is 0 Å². The van der Waals surface area contributed by atoms with E-state index in [2.05, 4.69) is 27.8 Å². The van der Waals surface area contributed by atoms with E-state index in [1.54, 1.807) is 0 Å². The Morgan fingerprint density at radius 3 is 1.84 bits per heavy atom. The van der Waals surface area contributed by atoms with Crippen molar-refractivity contribution in [1.82, 2.24) is 4.72 Å². The number of hydrogen-bond acceptors (Lipinski definition) is 3. The Bertz CT molecular complexity index is 330. The van der Waals surface area contributed by atoms with Crippen LogP contribution in [0.2, 0.25) is 0 Å². The second-order valence-corrected chi connectivity index (χ2v) is 7.67. The first-order valence-corrected chi connectivity index (χ1v) is 7.64. The molecule has 113 valence electrons. The fraction of sp³-hybridized carbons (Fsp3) is 0.769. The van der Waals surface area contributed by atoms with E-state index in [0.717, 1.165) is 0 Å². The van der Waals surface area contributed by atoms with Gasteiger partial charge in [0, 0.05) is 44.5 Å². The van der Waals surface area contributed by atoms with Gasteiger partial charge in [-0.2, -0.15) is 20.8 Å². The van der Waals surface area contributed by atoms with Crippen LogP contribution in [0.15, 0.2) is 0 Å². The van der Waals surface area contributed by atoms with E-state index in [1.165, 1.54) is 5.92 Å². The minimum atomic E-state index is -3.27. The molecule has 0 aromatic heterocycles. The minimum absolute atomic E-state index is 0. The Hall–Kier alpha value is 0.684. The predicted molar refractivity (Wildman–Crippen MR) is 76.2 cm³/mol. The summed E-state index contributed by atoms with van der Waals surface area (Å²) in [6.07, 6.45) is 0.644. The molecule has 4 nitrogen and oxygen atoms in total. The van der Waals surface area contributed by atoms with E-state index in [4.69, 9.17) is 0 Å². The van der Waals surface area contributed by atoms with Crippen LogP contribution in [0.25, 0.3) is 0 Å². The first kappa shape index (κ1) is 24.7. The maximum absolute atomic E-state index is 11.4. The van der Waals surface area contributed by atoms with Crippen LogP contribution in [-0.4, -0.2) is 20.0 Å². The van der Waals surface area contributed by atoms with Crippen LogP contribution in [0, 0.1) is 18.4 Å². The van der Waals surface area contributed by atoms with Crippen molar-refractivity contribution < 1.29 is 45.9 Å². The first-order valence-electron chi connectivity index (χ1n) is 5.99. The first-order chi connectivity index (χ1) is 7.92. The van der Waals surface area contributed by atoms with Crippen molar-refractivity contribution >= 4 is 15.8 Å². The average Bonchev–Trinajstić information content (AvgIpc) is 2.15. The summed E-state index contributed by atoms with van der Waals surface area (Å²) in [6.45, 7) is 11.7. The molecule has 0 amide bonds. The Kier molecular flexibility index (Phi) is 14.8. The van der Waals surface area contributed by atoms with Crippen LogP contribution >= 0.6 is 0 Å². The molecular formula is C13H27NO3SY-2. The quantitative estimate of drug-likeness (QED) is 0.761. The zero-order chi connectivity index (χ0) is 15.0. The SMILES string of the molecule is C[C-](C)C.[CH2-]NS(=O)(=O)CCCC(=O)C(C)(C)C.[Y]. The van der Waals surface area contributed by atoms with E-state index < -0.39 is 10.0 Å². The topological polar surface area (TPSA) is 63.2 Å². The summed E-state index contributed by atoms with van der Waals surface area (Å²) >= 11 is 0. The van der Waals surface area contributed by atoms with Crippen molar-refractivity contribution in [2.45, 2.75) is 54.4 Å². The van der Waals surface area contributed by atoms with Gasteiger partial charge in [0.15, 0.2) is 10.0 Å². The van der Waals surface area contributed by atoms with Gasteiger partial charge in [-0.15, -0.1) is 0 Å². The van der Waals surface area contributed by atoms with Crippen molar-refractivity contribution in [1.29, 1.82) is 0 Å². The number of hydrogen-bond donors (Lipinski definition) is 1. The molecule has 19 heavy (non-hydrogen) atoms. The van der Waals surface area contributed by atoms with Gasteiger partial charge in [0.25, 0.3) is 0 Å². The van der Waals surface area contributed by atoms with Gasteiger partial charge in [-0.1, -0.05) is 20.8 Å². The average molecular weight is 366 g/mol. The summed E-state index contributed by atoms with van der Waals surface area (Å²) in [7, 11) is -0.193. The molecule has 1 radical (unpaired) electrons. The van der Waals surface area contributed by atoms with Crippen LogP contribution in [0.1, 0.15) is 54.4 Å². The van der Waals surface area contributed by atoms with Crippen LogP contribution < -0.4 is 4.72 Å². The van der Waals surface area contributed by atoms with Crippen molar-refractivity contribution in [2.75, 3.05) is 5.75 Å². The summed E-state index contributed by atoms with van der Waals surface area (Å²) in [6, 6.07) is 0.